The Morgan fingerprint density at radius 1 is 1.73 bits per heavy atom. The number of nitrogens with two attached hydrogens (primary N) is 1. The van der Waals surface area contributed by atoms with E-state index in [1.165, 1.54) is 6.20 Å². The molecule has 0 aliphatic rings. The standard InChI is InChI=1S/C6H8ClN3O/c7-4-3-9-6(11)10-5(4)1-2-8/h3H,1-2,8H2,(H,9,10,11). The lowest BCUT2D eigenvalue weighted by Crippen LogP contribution is -2.14. The third-order valence-electron chi connectivity index (χ3n) is 1.24. The molecular weight excluding hydrogens is 166 g/mol. The molecule has 0 saturated heterocycles. The Labute approximate surface area is 68.4 Å². The number of halogens is 1. The van der Waals surface area contributed by atoms with E-state index in [0.717, 1.165) is 0 Å². The summed E-state index contributed by atoms with van der Waals surface area (Å²) in [6.45, 7) is 0.458. The smallest absolute Gasteiger partial charge is 0.330 e. The van der Waals surface area contributed by atoms with Crippen molar-refractivity contribution in [2.75, 3.05) is 6.54 Å². The van der Waals surface area contributed by atoms with Crippen molar-refractivity contribution < 1.29 is 0 Å². The minimum absolute atomic E-state index is 0.391. The Kier molecular flexibility index (Phi) is 2.62. The summed E-state index contributed by atoms with van der Waals surface area (Å²) >= 11 is 5.69. The van der Waals surface area contributed by atoms with Crippen LogP contribution < -0.4 is 11.4 Å². The molecular formula is C6H8ClN3O. The van der Waals surface area contributed by atoms with Gasteiger partial charge < -0.3 is 10.7 Å². The third-order valence-corrected chi connectivity index (χ3v) is 1.56. The number of aromatic amines is 1. The van der Waals surface area contributed by atoms with Gasteiger partial charge >= 0.3 is 5.69 Å². The minimum atomic E-state index is -0.391. The SMILES string of the molecule is NCCc1[nH]c(=O)ncc1Cl. The molecule has 11 heavy (non-hydrogen) atoms. The van der Waals surface area contributed by atoms with E-state index in [9.17, 15) is 4.79 Å². The van der Waals surface area contributed by atoms with Gasteiger partial charge in [0.15, 0.2) is 0 Å². The molecule has 0 aliphatic heterocycles. The predicted molar refractivity (Wildman–Crippen MR) is 42.6 cm³/mol. The van der Waals surface area contributed by atoms with Crippen molar-refractivity contribution >= 4 is 11.6 Å². The van der Waals surface area contributed by atoms with Gasteiger partial charge in [-0.25, -0.2) is 9.78 Å². The van der Waals surface area contributed by atoms with E-state index < -0.39 is 5.69 Å². The molecule has 0 unspecified atom stereocenters. The molecule has 0 aromatic carbocycles. The molecule has 1 aromatic rings. The summed E-state index contributed by atoms with van der Waals surface area (Å²) in [7, 11) is 0. The van der Waals surface area contributed by atoms with E-state index >= 15 is 0 Å². The van der Waals surface area contributed by atoms with Crippen LogP contribution in [0, 0.1) is 0 Å². The average molecular weight is 174 g/mol. The first-order valence-corrected chi connectivity index (χ1v) is 3.55. The summed E-state index contributed by atoms with van der Waals surface area (Å²) in [4.78, 5) is 16.6. The van der Waals surface area contributed by atoms with Gasteiger partial charge in [0, 0.05) is 12.1 Å². The average Bonchev–Trinajstić information content (AvgIpc) is 1.98. The van der Waals surface area contributed by atoms with Crippen LogP contribution in [-0.2, 0) is 6.42 Å². The quantitative estimate of drug-likeness (QED) is 0.658. The van der Waals surface area contributed by atoms with Crippen molar-refractivity contribution in [2.45, 2.75) is 6.42 Å². The number of nitrogens with zero attached hydrogens (tertiary/aromatic N) is 1. The zero-order valence-electron chi connectivity index (χ0n) is 5.80. The van der Waals surface area contributed by atoms with Crippen LogP contribution >= 0.6 is 11.6 Å². The van der Waals surface area contributed by atoms with E-state index in [1.807, 2.05) is 0 Å². The van der Waals surface area contributed by atoms with E-state index in [-0.39, 0.29) is 0 Å². The van der Waals surface area contributed by atoms with Crippen LogP contribution in [0.5, 0.6) is 0 Å². The molecule has 0 bridgehead atoms. The summed E-state index contributed by atoms with van der Waals surface area (Å²) < 4.78 is 0. The van der Waals surface area contributed by atoms with Gasteiger partial charge in [-0.3, -0.25) is 0 Å². The molecule has 0 saturated carbocycles. The maximum atomic E-state index is 10.7. The lowest BCUT2D eigenvalue weighted by atomic mass is 10.3. The Hall–Kier alpha value is -0.870. The van der Waals surface area contributed by atoms with Gasteiger partial charge in [-0.05, 0) is 6.54 Å². The number of nitrogens with one attached hydrogen (secondary N) is 1. The largest absolute Gasteiger partial charge is 0.345 e. The number of hydrogen-bond acceptors (Lipinski definition) is 3. The predicted octanol–water partition coefficient (Wildman–Crippen LogP) is -0.0755. The molecule has 0 spiro atoms. The van der Waals surface area contributed by atoms with Crippen LogP contribution in [0.1, 0.15) is 5.69 Å². The topological polar surface area (TPSA) is 71.8 Å². The summed E-state index contributed by atoms with van der Waals surface area (Å²) in [6.07, 6.45) is 1.89. The van der Waals surface area contributed by atoms with Crippen molar-refractivity contribution in [3.05, 3.63) is 27.4 Å². The molecule has 4 nitrogen and oxygen atoms in total. The van der Waals surface area contributed by atoms with Gasteiger partial charge in [-0.2, -0.15) is 0 Å². The highest BCUT2D eigenvalue weighted by Crippen LogP contribution is 2.08. The van der Waals surface area contributed by atoms with Crippen molar-refractivity contribution in [3.63, 3.8) is 0 Å². The van der Waals surface area contributed by atoms with Crippen LogP contribution in [0.4, 0.5) is 0 Å². The molecule has 1 heterocycles. The number of H-pyrrole nitrogens is 1. The minimum Gasteiger partial charge on any atom is -0.330 e. The summed E-state index contributed by atoms with van der Waals surface area (Å²) in [5.74, 6) is 0. The number of aromatic nitrogens is 2. The van der Waals surface area contributed by atoms with Crippen LogP contribution in [0.15, 0.2) is 11.0 Å². The second-order valence-electron chi connectivity index (χ2n) is 2.05. The maximum Gasteiger partial charge on any atom is 0.345 e. The molecule has 1 aromatic heterocycles. The number of rotatable bonds is 2. The Balaban J connectivity index is 3.02. The normalized spacial score (nSPS) is 10.0. The monoisotopic (exact) mass is 173 g/mol. The second-order valence-corrected chi connectivity index (χ2v) is 2.46. The summed E-state index contributed by atoms with van der Waals surface area (Å²) in [5.41, 5.74) is 5.53. The molecule has 0 fully saturated rings. The molecule has 0 amide bonds. The summed E-state index contributed by atoms with van der Waals surface area (Å²) in [5, 5.41) is 0.454. The highest BCUT2D eigenvalue weighted by molar-refractivity contribution is 6.31. The highest BCUT2D eigenvalue weighted by atomic mass is 35.5. The van der Waals surface area contributed by atoms with Crippen molar-refractivity contribution in [3.8, 4) is 0 Å². The zero-order chi connectivity index (χ0) is 8.27. The van der Waals surface area contributed by atoms with E-state index in [0.29, 0.717) is 23.7 Å². The molecule has 0 aliphatic carbocycles. The molecule has 0 atom stereocenters. The Morgan fingerprint density at radius 3 is 3.09 bits per heavy atom. The zero-order valence-corrected chi connectivity index (χ0v) is 6.56. The second kappa shape index (κ2) is 3.50. The Bertz CT molecular complexity index is 296. The van der Waals surface area contributed by atoms with E-state index in [1.54, 1.807) is 0 Å². The van der Waals surface area contributed by atoms with Crippen LogP contribution in [0.25, 0.3) is 0 Å². The molecule has 0 radical (unpaired) electrons. The fraction of sp³-hybridized carbons (Fsp3) is 0.333. The van der Waals surface area contributed by atoms with Gasteiger partial charge in [-0.1, -0.05) is 11.6 Å². The number of hydrogen-bond donors (Lipinski definition) is 2. The van der Waals surface area contributed by atoms with Gasteiger partial charge in [0.25, 0.3) is 0 Å². The van der Waals surface area contributed by atoms with Crippen molar-refractivity contribution in [2.24, 2.45) is 5.73 Å². The van der Waals surface area contributed by atoms with Gasteiger partial charge in [0.05, 0.1) is 11.2 Å². The molecule has 1 rings (SSSR count). The van der Waals surface area contributed by atoms with Gasteiger partial charge in [0.2, 0.25) is 0 Å². The molecule has 5 heteroatoms. The van der Waals surface area contributed by atoms with Gasteiger partial charge in [-0.15, -0.1) is 0 Å². The highest BCUT2D eigenvalue weighted by Gasteiger charge is 1.99. The molecule has 60 valence electrons. The van der Waals surface area contributed by atoms with Crippen molar-refractivity contribution in [1.29, 1.82) is 0 Å². The van der Waals surface area contributed by atoms with Gasteiger partial charge in [0.1, 0.15) is 0 Å². The molecule has 3 N–H and O–H groups in total. The fourth-order valence-electron chi connectivity index (χ4n) is 0.741. The first-order chi connectivity index (χ1) is 5.24. The van der Waals surface area contributed by atoms with E-state index in [2.05, 4.69) is 9.97 Å². The fourth-order valence-corrected chi connectivity index (χ4v) is 0.931. The maximum absolute atomic E-state index is 10.7. The van der Waals surface area contributed by atoms with Crippen LogP contribution in [0.3, 0.4) is 0 Å². The Morgan fingerprint density at radius 2 is 2.45 bits per heavy atom. The van der Waals surface area contributed by atoms with E-state index in [4.69, 9.17) is 17.3 Å². The first kappa shape index (κ1) is 8.23. The lowest BCUT2D eigenvalue weighted by molar-refractivity contribution is 0.890. The first-order valence-electron chi connectivity index (χ1n) is 3.18. The summed E-state index contributed by atoms with van der Waals surface area (Å²) in [6, 6.07) is 0. The third kappa shape index (κ3) is 2.03. The lowest BCUT2D eigenvalue weighted by Gasteiger charge is -1.98. The van der Waals surface area contributed by atoms with Crippen molar-refractivity contribution in [1.82, 2.24) is 9.97 Å². The van der Waals surface area contributed by atoms with Crippen LogP contribution in [0.2, 0.25) is 5.02 Å². The van der Waals surface area contributed by atoms with Crippen LogP contribution in [-0.4, -0.2) is 16.5 Å².